The zero-order valence-corrected chi connectivity index (χ0v) is 19.7. The molecule has 5 nitrogen and oxygen atoms in total. The van der Waals surface area contributed by atoms with Gasteiger partial charge in [-0.15, -0.1) is 11.3 Å². The summed E-state index contributed by atoms with van der Waals surface area (Å²) < 4.78 is 15.7. The summed E-state index contributed by atoms with van der Waals surface area (Å²) in [5, 5.41) is 1.61. The maximum Gasteiger partial charge on any atom is 0.275 e. The Balaban J connectivity index is 1.33. The van der Waals surface area contributed by atoms with Crippen molar-refractivity contribution in [3.63, 3.8) is 0 Å². The number of nitrogens with zero attached hydrogens (tertiary/aromatic N) is 4. The number of rotatable bonds is 4. The number of hydrogen-bond donors (Lipinski definition) is 0. The molecule has 2 aromatic carbocycles. The topological polar surface area (TPSA) is 51.0 Å². The maximum atomic E-state index is 13.5. The van der Waals surface area contributed by atoms with Crippen molar-refractivity contribution in [3.05, 3.63) is 88.1 Å². The van der Waals surface area contributed by atoms with Gasteiger partial charge >= 0.3 is 0 Å². The van der Waals surface area contributed by atoms with Crippen molar-refractivity contribution in [2.24, 2.45) is 0 Å². The van der Waals surface area contributed by atoms with E-state index >= 15 is 0 Å². The highest BCUT2D eigenvalue weighted by atomic mass is 35.5. The van der Waals surface area contributed by atoms with Gasteiger partial charge in [-0.2, -0.15) is 0 Å². The molecule has 0 amide bonds. The molecule has 1 fully saturated rings. The van der Waals surface area contributed by atoms with Crippen molar-refractivity contribution >= 4 is 44.1 Å². The van der Waals surface area contributed by atoms with Crippen LogP contribution in [0.2, 0.25) is 5.02 Å². The minimum Gasteiger partial charge on any atom is -0.295 e. The summed E-state index contributed by atoms with van der Waals surface area (Å²) >= 11 is 7.43. The molecule has 1 saturated heterocycles. The van der Waals surface area contributed by atoms with Gasteiger partial charge in [0.15, 0.2) is 0 Å². The molecule has 1 aliphatic rings. The predicted octanol–water partition coefficient (Wildman–Crippen LogP) is 5.86. The molecule has 4 heterocycles. The second-order valence-corrected chi connectivity index (χ2v) is 10.0. The number of aromatic nitrogens is 3. The van der Waals surface area contributed by atoms with Crippen LogP contribution in [-0.4, -0.2) is 38.7 Å². The lowest BCUT2D eigenvalue weighted by molar-refractivity contribution is 0.280. The maximum absolute atomic E-state index is 13.5. The van der Waals surface area contributed by atoms with E-state index in [9.17, 15) is 9.18 Å². The lowest BCUT2D eigenvalue weighted by atomic mass is 10.1. The molecule has 1 unspecified atom stereocenters. The van der Waals surface area contributed by atoms with Crippen molar-refractivity contribution in [1.82, 2.24) is 19.4 Å². The molecule has 1 aliphatic heterocycles. The van der Waals surface area contributed by atoms with E-state index < -0.39 is 6.17 Å². The first-order chi connectivity index (χ1) is 16.5. The third-order valence-corrected chi connectivity index (χ3v) is 7.59. The summed E-state index contributed by atoms with van der Waals surface area (Å²) in [5.74, 6) is 0. The molecular weight excluding hydrogens is 471 g/mol. The Kier molecular flexibility index (Phi) is 5.40. The molecule has 0 aliphatic carbocycles. The first-order valence-electron chi connectivity index (χ1n) is 11.1. The van der Waals surface area contributed by atoms with Gasteiger partial charge in [-0.05, 0) is 54.4 Å². The van der Waals surface area contributed by atoms with Crippen LogP contribution in [0, 0.1) is 0 Å². The molecule has 0 saturated carbocycles. The highest BCUT2D eigenvalue weighted by Crippen LogP contribution is 2.31. The summed E-state index contributed by atoms with van der Waals surface area (Å²) in [4.78, 5) is 25.6. The van der Waals surface area contributed by atoms with Gasteiger partial charge in [0, 0.05) is 34.9 Å². The third-order valence-electron chi connectivity index (χ3n) is 6.18. The molecule has 0 spiro atoms. The Morgan fingerprint density at radius 3 is 2.71 bits per heavy atom. The van der Waals surface area contributed by atoms with Gasteiger partial charge in [-0.25, -0.2) is 9.37 Å². The van der Waals surface area contributed by atoms with Gasteiger partial charge in [0.2, 0.25) is 0 Å². The van der Waals surface area contributed by atoms with Crippen LogP contribution in [0.15, 0.2) is 71.8 Å². The number of thiophene rings is 1. The molecule has 3 aromatic heterocycles. The van der Waals surface area contributed by atoms with Gasteiger partial charge in [0.1, 0.15) is 17.2 Å². The highest BCUT2D eigenvalue weighted by molar-refractivity contribution is 7.22. The van der Waals surface area contributed by atoms with E-state index in [0.717, 1.165) is 39.3 Å². The van der Waals surface area contributed by atoms with Gasteiger partial charge < -0.3 is 0 Å². The number of pyridine rings is 1. The number of benzene rings is 2. The zero-order valence-electron chi connectivity index (χ0n) is 18.1. The Hall–Kier alpha value is -3.13. The fourth-order valence-corrected chi connectivity index (χ4v) is 5.58. The minimum atomic E-state index is -0.738. The minimum absolute atomic E-state index is 0.103. The molecule has 170 valence electrons. The lowest BCUT2D eigenvalue weighted by Gasteiger charge is -2.14. The van der Waals surface area contributed by atoms with Gasteiger partial charge in [0.25, 0.3) is 5.56 Å². The average Bonchev–Trinajstić information content (AvgIpc) is 3.46. The van der Waals surface area contributed by atoms with Crippen molar-refractivity contribution in [2.45, 2.75) is 19.1 Å². The SMILES string of the molecule is O=c1c2sc(-c3ccc(Cl)cc3)cc2ncn1-c1ccc2nc(CN3CCC(F)C3)ccc2c1. The third kappa shape index (κ3) is 4.00. The zero-order chi connectivity index (χ0) is 23.2. The van der Waals surface area contributed by atoms with Crippen LogP contribution in [0.1, 0.15) is 12.1 Å². The number of fused-ring (bicyclic) bond motifs is 2. The van der Waals surface area contributed by atoms with Crippen LogP contribution in [-0.2, 0) is 6.54 Å². The van der Waals surface area contributed by atoms with Crippen LogP contribution < -0.4 is 5.56 Å². The Morgan fingerprint density at radius 1 is 1.06 bits per heavy atom. The van der Waals surface area contributed by atoms with Crippen LogP contribution in [0.3, 0.4) is 0 Å². The predicted molar refractivity (Wildman–Crippen MR) is 136 cm³/mol. The fraction of sp³-hybridized carbons (Fsp3) is 0.192. The molecule has 0 radical (unpaired) electrons. The van der Waals surface area contributed by atoms with Gasteiger partial charge in [0.05, 0.1) is 22.4 Å². The molecule has 34 heavy (non-hydrogen) atoms. The molecule has 6 rings (SSSR count). The Morgan fingerprint density at radius 2 is 1.91 bits per heavy atom. The summed E-state index contributed by atoms with van der Waals surface area (Å²) in [6.07, 6.45) is 1.43. The van der Waals surface area contributed by atoms with Crippen molar-refractivity contribution in [3.8, 4) is 16.1 Å². The van der Waals surface area contributed by atoms with E-state index in [0.29, 0.717) is 34.7 Å². The van der Waals surface area contributed by atoms with E-state index in [4.69, 9.17) is 16.6 Å². The van der Waals surface area contributed by atoms with Crippen LogP contribution in [0.25, 0.3) is 37.2 Å². The quantitative estimate of drug-likeness (QED) is 0.316. The normalized spacial score (nSPS) is 16.6. The lowest BCUT2D eigenvalue weighted by Crippen LogP contribution is -2.21. The van der Waals surface area contributed by atoms with E-state index in [1.807, 2.05) is 60.7 Å². The van der Waals surface area contributed by atoms with Crippen molar-refractivity contribution < 1.29 is 4.39 Å². The average molecular weight is 491 g/mol. The van der Waals surface area contributed by atoms with Crippen molar-refractivity contribution in [2.75, 3.05) is 13.1 Å². The second-order valence-electron chi connectivity index (χ2n) is 8.55. The largest absolute Gasteiger partial charge is 0.295 e. The molecule has 0 N–H and O–H groups in total. The van der Waals surface area contributed by atoms with E-state index in [-0.39, 0.29) is 5.56 Å². The molecular formula is C26H20ClFN4OS. The van der Waals surface area contributed by atoms with E-state index in [1.54, 1.807) is 10.9 Å². The summed E-state index contributed by atoms with van der Waals surface area (Å²) in [5.41, 5.74) is 4.09. The van der Waals surface area contributed by atoms with Gasteiger partial charge in [-0.1, -0.05) is 29.8 Å². The fourth-order valence-electron chi connectivity index (χ4n) is 4.40. The molecule has 0 bridgehead atoms. The molecule has 1 atom stereocenters. The Labute approximate surface area is 204 Å². The standard InChI is InChI=1S/C26H20ClFN4OS/c27-18-4-1-16(2-5-18)24-12-23-25(34-24)26(33)32(15-29-23)21-7-8-22-17(11-21)3-6-20(30-22)14-31-10-9-19(28)13-31/h1-8,11-12,15,19H,9-10,13-14H2. The summed E-state index contributed by atoms with van der Waals surface area (Å²) in [6, 6.07) is 19.2. The second kappa shape index (κ2) is 8.58. The van der Waals surface area contributed by atoms with E-state index in [2.05, 4.69) is 9.88 Å². The van der Waals surface area contributed by atoms with Crippen molar-refractivity contribution in [1.29, 1.82) is 0 Å². The Bertz CT molecular complexity index is 1580. The molecule has 8 heteroatoms. The highest BCUT2D eigenvalue weighted by Gasteiger charge is 2.22. The van der Waals surface area contributed by atoms with Crippen LogP contribution in [0.4, 0.5) is 4.39 Å². The van der Waals surface area contributed by atoms with Crippen LogP contribution in [0.5, 0.6) is 0 Å². The number of likely N-dealkylation sites (tertiary alicyclic amines) is 1. The monoisotopic (exact) mass is 490 g/mol. The summed E-state index contributed by atoms with van der Waals surface area (Å²) in [6.45, 7) is 1.88. The first kappa shape index (κ1) is 21.4. The van der Waals surface area contributed by atoms with E-state index in [1.165, 1.54) is 11.3 Å². The number of hydrogen-bond acceptors (Lipinski definition) is 5. The molecule has 5 aromatic rings. The van der Waals surface area contributed by atoms with Gasteiger partial charge in [-0.3, -0.25) is 19.2 Å². The van der Waals surface area contributed by atoms with Crippen LogP contribution >= 0.6 is 22.9 Å². The first-order valence-corrected chi connectivity index (χ1v) is 12.3. The smallest absolute Gasteiger partial charge is 0.275 e. The number of halogens is 2. The summed E-state index contributed by atoms with van der Waals surface area (Å²) in [7, 11) is 0. The number of alkyl halides is 1.